The summed E-state index contributed by atoms with van der Waals surface area (Å²) in [6.07, 6.45) is 8.57. The number of likely N-dealkylation sites (tertiary alicyclic amines) is 1. The molecular formula is C32H38N4O13. The number of fused-ring (bicyclic) bond motifs is 1. The van der Waals surface area contributed by atoms with Gasteiger partial charge in [-0.3, -0.25) is 0 Å². The number of benzene rings is 1. The van der Waals surface area contributed by atoms with Crippen LogP contribution >= 0.6 is 0 Å². The monoisotopic (exact) mass is 686 g/mol. The van der Waals surface area contributed by atoms with Crippen LogP contribution in [0.4, 0.5) is 0 Å². The zero-order valence-corrected chi connectivity index (χ0v) is 26.2. The van der Waals surface area contributed by atoms with E-state index in [-0.39, 0.29) is 0 Å². The predicted octanol–water partition coefficient (Wildman–Crippen LogP) is 2.03. The Morgan fingerprint density at radius 3 is 1.61 bits per heavy atom. The highest BCUT2D eigenvalue weighted by Gasteiger charge is 2.22. The number of nitrogens with zero attached hydrogens (tertiary/aromatic N) is 3. The Morgan fingerprint density at radius 2 is 1.20 bits per heavy atom. The minimum atomic E-state index is -1.26. The second-order valence-electron chi connectivity index (χ2n) is 9.99. The van der Waals surface area contributed by atoms with Gasteiger partial charge in [0.15, 0.2) is 0 Å². The van der Waals surface area contributed by atoms with Crippen molar-refractivity contribution in [3.63, 3.8) is 0 Å². The predicted molar refractivity (Wildman–Crippen MR) is 173 cm³/mol. The van der Waals surface area contributed by atoms with Crippen molar-refractivity contribution in [1.82, 2.24) is 14.5 Å². The van der Waals surface area contributed by atoms with Crippen molar-refractivity contribution in [1.29, 1.82) is 0 Å². The fourth-order valence-corrected chi connectivity index (χ4v) is 4.30. The van der Waals surface area contributed by atoms with Crippen LogP contribution < -0.4 is 5.73 Å². The second-order valence-corrected chi connectivity index (χ2v) is 9.99. The smallest absolute Gasteiger partial charge is 0.328 e. The van der Waals surface area contributed by atoms with E-state index >= 15 is 0 Å². The quantitative estimate of drug-likeness (QED) is 0.134. The van der Waals surface area contributed by atoms with Crippen molar-refractivity contribution in [2.45, 2.75) is 25.8 Å². The number of hydrogen-bond donors (Lipinski definition) is 7. The Hall–Kier alpha value is -6.07. The van der Waals surface area contributed by atoms with Crippen molar-refractivity contribution >= 4 is 46.8 Å². The van der Waals surface area contributed by atoms with Crippen LogP contribution in [0.3, 0.4) is 0 Å². The van der Waals surface area contributed by atoms with Gasteiger partial charge in [-0.2, -0.15) is 0 Å². The van der Waals surface area contributed by atoms with Crippen LogP contribution in [0.1, 0.15) is 24.4 Å². The van der Waals surface area contributed by atoms with Gasteiger partial charge in [0.25, 0.3) is 0 Å². The lowest BCUT2D eigenvalue weighted by molar-refractivity contribution is -0.134. The van der Waals surface area contributed by atoms with E-state index < -0.39 is 35.8 Å². The van der Waals surface area contributed by atoms with Crippen LogP contribution in [-0.4, -0.2) is 107 Å². The highest BCUT2D eigenvalue weighted by Crippen LogP contribution is 2.25. The average Bonchev–Trinajstić information content (AvgIpc) is 3.68. The number of carboxylic acids is 6. The SMILES string of the molecule is NCCN1CCC(Cc2nc3ccccc3n2Cc2ccco2)CC1.O=C(O)C=CC(=O)O.O=C(O)C=CC(=O)O.O=C(O)C=CC(=O)O. The number of hydrogen-bond acceptors (Lipinski definition) is 10. The molecule has 0 saturated carbocycles. The first-order valence-corrected chi connectivity index (χ1v) is 14.5. The molecular weight excluding hydrogens is 648 g/mol. The van der Waals surface area contributed by atoms with Gasteiger partial charge in [0.1, 0.15) is 11.6 Å². The molecule has 0 spiro atoms. The Labute approximate surface area is 279 Å². The van der Waals surface area contributed by atoms with Crippen LogP contribution in [0.5, 0.6) is 0 Å². The Morgan fingerprint density at radius 1 is 0.735 bits per heavy atom. The van der Waals surface area contributed by atoms with Crippen molar-refractivity contribution in [3.05, 3.63) is 90.7 Å². The third-order valence-corrected chi connectivity index (χ3v) is 6.36. The van der Waals surface area contributed by atoms with Crippen LogP contribution in [-0.2, 0) is 41.7 Å². The molecule has 3 aromatic rings. The molecule has 1 aliphatic rings. The third-order valence-electron chi connectivity index (χ3n) is 6.36. The molecule has 264 valence electrons. The van der Waals surface area contributed by atoms with Gasteiger partial charge < -0.3 is 50.3 Å². The maximum atomic E-state index is 9.55. The van der Waals surface area contributed by atoms with Gasteiger partial charge in [-0.05, 0) is 56.1 Å². The highest BCUT2D eigenvalue weighted by atomic mass is 16.4. The molecule has 1 saturated heterocycles. The molecule has 0 atom stereocenters. The van der Waals surface area contributed by atoms with E-state index in [0.717, 1.165) is 50.4 Å². The number of rotatable bonds is 12. The van der Waals surface area contributed by atoms with Gasteiger partial charge in [0, 0.05) is 56.0 Å². The van der Waals surface area contributed by atoms with Gasteiger partial charge >= 0.3 is 35.8 Å². The molecule has 2 aromatic heterocycles. The van der Waals surface area contributed by atoms with Gasteiger partial charge in [0.2, 0.25) is 0 Å². The fraction of sp³-hybridized carbons (Fsp3) is 0.281. The number of aliphatic carboxylic acids is 6. The lowest BCUT2D eigenvalue weighted by atomic mass is 9.93. The van der Waals surface area contributed by atoms with Gasteiger partial charge in [-0.25, -0.2) is 33.8 Å². The normalized spacial score (nSPS) is 13.2. The van der Waals surface area contributed by atoms with E-state index in [4.69, 9.17) is 45.8 Å². The maximum Gasteiger partial charge on any atom is 0.328 e. The molecule has 49 heavy (non-hydrogen) atoms. The molecule has 17 heteroatoms. The number of carbonyl (C=O) groups is 6. The lowest BCUT2D eigenvalue weighted by Gasteiger charge is -2.31. The van der Waals surface area contributed by atoms with Crippen molar-refractivity contribution in [2.24, 2.45) is 11.7 Å². The van der Waals surface area contributed by atoms with E-state index in [1.54, 1.807) is 6.26 Å². The van der Waals surface area contributed by atoms with Gasteiger partial charge in [-0.15, -0.1) is 0 Å². The van der Waals surface area contributed by atoms with Crippen LogP contribution in [0.2, 0.25) is 0 Å². The summed E-state index contributed by atoms with van der Waals surface area (Å²) < 4.78 is 7.89. The van der Waals surface area contributed by atoms with E-state index in [2.05, 4.69) is 33.7 Å². The number of imidazole rings is 1. The zero-order chi connectivity index (χ0) is 36.8. The van der Waals surface area contributed by atoms with Crippen LogP contribution in [0.15, 0.2) is 83.5 Å². The Kier molecular flexibility index (Phi) is 18.8. The minimum Gasteiger partial charge on any atom is -0.478 e. The molecule has 0 aliphatic carbocycles. The third kappa shape index (κ3) is 18.6. The second kappa shape index (κ2) is 22.5. The number of furan rings is 1. The Bertz CT molecular complexity index is 1490. The first-order chi connectivity index (χ1) is 23.2. The summed E-state index contributed by atoms with van der Waals surface area (Å²) in [4.78, 5) is 64.7. The number of nitrogens with two attached hydrogens (primary N) is 1. The van der Waals surface area contributed by atoms with Gasteiger partial charge in [-0.1, -0.05) is 12.1 Å². The molecule has 3 heterocycles. The van der Waals surface area contributed by atoms with E-state index in [1.807, 2.05) is 12.1 Å². The molecule has 0 bridgehead atoms. The molecule has 8 N–H and O–H groups in total. The number of carboxylic acid groups (broad SMARTS) is 6. The zero-order valence-electron chi connectivity index (χ0n) is 26.2. The number of piperidine rings is 1. The summed E-state index contributed by atoms with van der Waals surface area (Å²) in [6.45, 7) is 4.82. The van der Waals surface area contributed by atoms with E-state index in [1.165, 1.54) is 24.2 Å². The topological polar surface area (TPSA) is 284 Å². The molecule has 1 aromatic carbocycles. The number of para-hydroxylation sites is 2. The summed E-state index contributed by atoms with van der Waals surface area (Å²) in [5.41, 5.74) is 7.94. The van der Waals surface area contributed by atoms with E-state index in [0.29, 0.717) is 42.4 Å². The molecule has 4 rings (SSSR count). The first-order valence-electron chi connectivity index (χ1n) is 14.5. The molecule has 0 radical (unpaired) electrons. The summed E-state index contributed by atoms with van der Waals surface area (Å²) in [7, 11) is 0. The lowest BCUT2D eigenvalue weighted by Crippen LogP contribution is -2.37. The molecule has 1 fully saturated rings. The standard InChI is InChI=1S/C20H26N4O.3C4H4O4/c21-9-12-23-10-7-16(8-11-23)14-20-22-18-5-1-2-6-19(18)24(20)15-17-4-3-13-25-17;3*5-3(6)1-2-4(7)8/h1-6,13,16H,7-12,14-15,21H2;3*1-2H,(H,5,6)(H,7,8). The average molecular weight is 687 g/mol. The number of aromatic nitrogens is 2. The van der Waals surface area contributed by atoms with Gasteiger partial charge in [0.05, 0.1) is 23.8 Å². The first kappa shape index (κ1) is 41.0. The highest BCUT2D eigenvalue weighted by molar-refractivity contribution is 5.90. The fourth-order valence-electron chi connectivity index (χ4n) is 4.30. The minimum absolute atomic E-state index is 0.558. The molecule has 0 amide bonds. The van der Waals surface area contributed by atoms with Crippen molar-refractivity contribution < 1.29 is 63.8 Å². The summed E-state index contributed by atoms with van der Waals surface area (Å²) in [5, 5.41) is 46.9. The molecule has 17 nitrogen and oxygen atoms in total. The molecule has 1 aliphatic heterocycles. The largest absolute Gasteiger partial charge is 0.478 e. The summed E-state index contributed by atoms with van der Waals surface area (Å²) >= 11 is 0. The molecule has 0 unspecified atom stereocenters. The maximum absolute atomic E-state index is 9.55. The van der Waals surface area contributed by atoms with Crippen molar-refractivity contribution in [3.8, 4) is 0 Å². The van der Waals surface area contributed by atoms with E-state index in [9.17, 15) is 28.8 Å². The van der Waals surface area contributed by atoms with Crippen LogP contribution in [0, 0.1) is 5.92 Å². The Balaban J connectivity index is 0.000000411. The summed E-state index contributed by atoms with van der Waals surface area (Å²) in [5.74, 6) is -4.70. The summed E-state index contributed by atoms with van der Waals surface area (Å²) in [6, 6.07) is 12.4. The van der Waals surface area contributed by atoms with Crippen molar-refractivity contribution in [2.75, 3.05) is 26.2 Å². The van der Waals surface area contributed by atoms with Crippen LogP contribution in [0.25, 0.3) is 11.0 Å².